The maximum absolute atomic E-state index is 10.2. The summed E-state index contributed by atoms with van der Waals surface area (Å²) in [5.41, 5.74) is 2.07. The summed E-state index contributed by atoms with van der Waals surface area (Å²) in [4.78, 5) is 0. The molecule has 0 spiro atoms. The fourth-order valence-corrected chi connectivity index (χ4v) is 3.31. The van der Waals surface area contributed by atoms with Gasteiger partial charge in [-0.3, -0.25) is 0 Å². The highest BCUT2D eigenvalue weighted by Gasteiger charge is 2.27. The Morgan fingerprint density at radius 3 is 2.40 bits per heavy atom. The maximum atomic E-state index is 10.2. The molecule has 0 heterocycles. The van der Waals surface area contributed by atoms with Gasteiger partial charge in [-0.05, 0) is 57.6 Å². The molecule has 0 radical (unpaired) electrons. The van der Waals surface area contributed by atoms with Gasteiger partial charge in [-0.15, -0.1) is 0 Å². The predicted octanol–water partition coefficient (Wildman–Crippen LogP) is 3.33. The van der Waals surface area contributed by atoms with Gasteiger partial charge in [0.25, 0.3) is 0 Å². The molecule has 2 nitrogen and oxygen atoms in total. The standard InChI is InChI=1S/C18H16O2/c19-17-8-7-14-15(18(17)20)6-5-13-9-11-3-1-2-4-12(11)10-16(13)14/h1-6,9-10,17-20H,7-8H2/t17-,18-/m0/s1. The lowest BCUT2D eigenvalue weighted by Crippen LogP contribution is -2.25. The number of rotatable bonds is 0. The summed E-state index contributed by atoms with van der Waals surface area (Å²) in [6.07, 6.45) is 0.0543. The molecular formula is C18H16O2. The molecule has 4 rings (SSSR count). The van der Waals surface area contributed by atoms with Gasteiger partial charge in [0.1, 0.15) is 6.10 Å². The monoisotopic (exact) mass is 264 g/mol. The summed E-state index contributed by atoms with van der Waals surface area (Å²) >= 11 is 0. The lowest BCUT2D eigenvalue weighted by atomic mass is 9.84. The van der Waals surface area contributed by atoms with Crippen molar-refractivity contribution in [2.75, 3.05) is 0 Å². The van der Waals surface area contributed by atoms with Crippen LogP contribution in [0.5, 0.6) is 0 Å². The lowest BCUT2D eigenvalue weighted by Gasteiger charge is -2.27. The smallest absolute Gasteiger partial charge is 0.105 e. The van der Waals surface area contributed by atoms with Crippen LogP contribution in [0.2, 0.25) is 0 Å². The van der Waals surface area contributed by atoms with Gasteiger partial charge in [-0.25, -0.2) is 0 Å². The van der Waals surface area contributed by atoms with Crippen molar-refractivity contribution in [3.05, 3.63) is 59.7 Å². The van der Waals surface area contributed by atoms with Gasteiger partial charge in [0.05, 0.1) is 6.10 Å². The summed E-state index contributed by atoms with van der Waals surface area (Å²) in [6.45, 7) is 0. The molecule has 0 saturated heterocycles. The number of benzene rings is 3. The van der Waals surface area contributed by atoms with Crippen LogP contribution in [0.25, 0.3) is 21.5 Å². The largest absolute Gasteiger partial charge is 0.390 e. The average Bonchev–Trinajstić information content (AvgIpc) is 2.48. The molecule has 20 heavy (non-hydrogen) atoms. The molecule has 3 aromatic carbocycles. The molecular weight excluding hydrogens is 248 g/mol. The quantitative estimate of drug-likeness (QED) is 0.611. The van der Waals surface area contributed by atoms with Crippen LogP contribution in [0.1, 0.15) is 23.7 Å². The van der Waals surface area contributed by atoms with Crippen molar-refractivity contribution in [2.24, 2.45) is 0 Å². The predicted molar refractivity (Wildman–Crippen MR) is 80.7 cm³/mol. The first kappa shape index (κ1) is 11.9. The number of aliphatic hydroxyl groups is 2. The van der Waals surface area contributed by atoms with Crippen molar-refractivity contribution in [2.45, 2.75) is 25.0 Å². The molecule has 0 saturated carbocycles. The second-order valence-electron chi connectivity index (χ2n) is 5.60. The van der Waals surface area contributed by atoms with Crippen molar-refractivity contribution >= 4 is 21.5 Å². The molecule has 0 bridgehead atoms. The van der Waals surface area contributed by atoms with E-state index in [1.54, 1.807) is 0 Å². The summed E-state index contributed by atoms with van der Waals surface area (Å²) in [5.74, 6) is 0. The Morgan fingerprint density at radius 1 is 0.850 bits per heavy atom. The fourth-order valence-electron chi connectivity index (χ4n) is 3.31. The van der Waals surface area contributed by atoms with E-state index in [1.807, 2.05) is 24.3 Å². The van der Waals surface area contributed by atoms with Crippen LogP contribution in [0.15, 0.2) is 48.5 Å². The molecule has 0 unspecified atom stereocenters. The highest BCUT2D eigenvalue weighted by atomic mass is 16.3. The minimum absolute atomic E-state index is 0.625. The van der Waals surface area contributed by atoms with Crippen LogP contribution in [0, 0.1) is 0 Å². The third kappa shape index (κ3) is 1.65. The summed E-state index contributed by atoms with van der Waals surface area (Å²) in [6, 6.07) is 16.7. The van der Waals surface area contributed by atoms with Gasteiger partial charge in [-0.1, -0.05) is 36.4 Å². The second-order valence-corrected chi connectivity index (χ2v) is 5.60. The number of fused-ring (bicyclic) bond motifs is 4. The average molecular weight is 264 g/mol. The fraction of sp³-hybridized carbons (Fsp3) is 0.222. The number of hydrogen-bond acceptors (Lipinski definition) is 2. The summed E-state index contributed by atoms with van der Waals surface area (Å²) in [5, 5.41) is 24.8. The molecule has 0 aliphatic heterocycles. The van der Waals surface area contributed by atoms with Crippen molar-refractivity contribution in [3.63, 3.8) is 0 Å². The Hall–Kier alpha value is -1.90. The van der Waals surface area contributed by atoms with Crippen molar-refractivity contribution in [1.82, 2.24) is 0 Å². The molecule has 3 aromatic rings. The Balaban J connectivity index is 2.05. The van der Waals surface area contributed by atoms with E-state index in [-0.39, 0.29) is 0 Å². The lowest BCUT2D eigenvalue weighted by molar-refractivity contribution is 0.00676. The van der Waals surface area contributed by atoms with Crippen LogP contribution < -0.4 is 0 Å². The van der Waals surface area contributed by atoms with Crippen LogP contribution in [-0.2, 0) is 6.42 Å². The molecule has 1 aliphatic carbocycles. The van der Waals surface area contributed by atoms with Crippen LogP contribution >= 0.6 is 0 Å². The molecule has 0 fully saturated rings. The molecule has 1 aliphatic rings. The molecule has 0 aromatic heterocycles. The van der Waals surface area contributed by atoms with E-state index >= 15 is 0 Å². The van der Waals surface area contributed by atoms with E-state index in [0.29, 0.717) is 6.42 Å². The number of hydrogen-bond donors (Lipinski definition) is 2. The highest BCUT2D eigenvalue weighted by molar-refractivity contribution is 6.00. The van der Waals surface area contributed by atoms with E-state index in [1.165, 1.54) is 27.1 Å². The van der Waals surface area contributed by atoms with E-state index in [2.05, 4.69) is 24.3 Å². The molecule has 2 atom stereocenters. The summed E-state index contributed by atoms with van der Waals surface area (Å²) < 4.78 is 0. The summed E-state index contributed by atoms with van der Waals surface area (Å²) in [7, 11) is 0. The third-order valence-electron chi connectivity index (χ3n) is 4.41. The SMILES string of the molecule is O[C@H]1CCc2c(ccc3cc4ccccc4cc23)[C@@H]1O. The van der Waals surface area contributed by atoms with E-state index in [4.69, 9.17) is 0 Å². The van der Waals surface area contributed by atoms with Crippen molar-refractivity contribution < 1.29 is 10.2 Å². The number of aryl methyl sites for hydroxylation is 1. The Kier molecular flexibility index (Phi) is 2.56. The topological polar surface area (TPSA) is 40.5 Å². The number of aliphatic hydroxyl groups excluding tert-OH is 2. The van der Waals surface area contributed by atoms with Gasteiger partial charge < -0.3 is 10.2 Å². The molecule has 2 heteroatoms. The van der Waals surface area contributed by atoms with Gasteiger partial charge in [0, 0.05) is 0 Å². The van der Waals surface area contributed by atoms with Crippen molar-refractivity contribution in [3.8, 4) is 0 Å². The zero-order valence-corrected chi connectivity index (χ0v) is 11.1. The molecule has 0 amide bonds. The molecule has 2 N–H and O–H groups in total. The van der Waals surface area contributed by atoms with Crippen LogP contribution in [0.3, 0.4) is 0 Å². The maximum Gasteiger partial charge on any atom is 0.105 e. The Morgan fingerprint density at radius 2 is 1.60 bits per heavy atom. The van der Waals surface area contributed by atoms with Crippen LogP contribution in [0.4, 0.5) is 0 Å². The first-order valence-corrected chi connectivity index (χ1v) is 7.04. The second kappa shape index (κ2) is 4.30. The minimum Gasteiger partial charge on any atom is -0.390 e. The van der Waals surface area contributed by atoms with E-state index in [0.717, 1.165) is 12.0 Å². The normalized spacial score (nSPS) is 22.1. The Bertz CT molecular complexity index is 807. The third-order valence-corrected chi connectivity index (χ3v) is 4.41. The van der Waals surface area contributed by atoms with E-state index in [9.17, 15) is 10.2 Å². The van der Waals surface area contributed by atoms with Gasteiger partial charge in [-0.2, -0.15) is 0 Å². The van der Waals surface area contributed by atoms with Crippen LogP contribution in [-0.4, -0.2) is 16.3 Å². The Labute approximate surface area is 117 Å². The zero-order chi connectivity index (χ0) is 13.7. The van der Waals surface area contributed by atoms with Gasteiger partial charge in [0.15, 0.2) is 0 Å². The van der Waals surface area contributed by atoms with Gasteiger partial charge in [0.2, 0.25) is 0 Å². The van der Waals surface area contributed by atoms with E-state index < -0.39 is 12.2 Å². The highest BCUT2D eigenvalue weighted by Crippen LogP contribution is 2.36. The van der Waals surface area contributed by atoms with Crippen molar-refractivity contribution in [1.29, 1.82) is 0 Å². The first-order valence-electron chi connectivity index (χ1n) is 7.04. The first-order chi connectivity index (χ1) is 9.74. The van der Waals surface area contributed by atoms with Gasteiger partial charge >= 0.3 is 0 Å². The molecule has 100 valence electrons. The zero-order valence-electron chi connectivity index (χ0n) is 11.1. The minimum atomic E-state index is -0.755.